The average molecular weight is 279 g/mol. The molecule has 0 aliphatic rings. The van der Waals surface area contributed by atoms with E-state index in [9.17, 15) is 0 Å². The highest BCUT2D eigenvalue weighted by molar-refractivity contribution is 7.80. The number of hydrogen-bond donors (Lipinski definition) is 1. The molecule has 1 aromatic rings. The molecule has 0 unspecified atom stereocenters. The van der Waals surface area contributed by atoms with Gasteiger partial charge in [-0.2, -0.15) is 0 Å². The summed E-state index contributed by atoms with van der Waals surface area (Å²) in [6.45, 7) is 9.12. The number of benzene rings is 1. The molecule has 0 aliphatic carbocycles. The maximum Gasteiger partial charge on any atom is 0.00777 e. The molecule has 108 valence electrons. The zero-order valence-corrected chi connectivity index (χ0v) is 14.1. The Morgan fingerprint density at radius 2 is 1.16 bits per heavy atom. The van der Waals surface area contributed by atoms with Crippen molar-refractivity contribution in [2.24, 2.45) is 0 Å². The Hall–Kier alpha value is -0.430. The molecule has 19 heavy (non-hydrogen) atoms. The topological polar surface area (TPSA) is 0 Å². The van der Waals surface area contributed by atoms with Crippen LogP contribution in [0.5, 0.6) is 0 Å². The second-order valence-electron chi connectivity index (χ2n) is 5.49. The summed E-state index contributed by atoms with van der Waals surface area (Å²) >= 11 is 4.77. The summed E-state index contributed by atoms with van der Waals surface area (Å²) in [4.78, 5) is 1.23. The van der Waals surface area contributed by atoms with Gasteiger partial charge >= 0.3 is 0 Å². The minimum atomic E-state index is 1.18. The van der Waals surface area contributed by atoms with E-state index in [4.69, 9.17) is 12.6 Å². The molecule has 0 fully saturated rings. The number of rotatable bonds is 8. The predicted molar refractivity (Wildman–Crippen MR) is 89.7 cm³/mol. The van der Waals surface area contributed by atoms with Gasteiger partial charge in [-0.05, 0) is 54.0 Å². The molecule has 0 N–H and O–H groups in total. The molecule has 0 saturated heterocycles. The molecule has 0 bridgehead atoms. The first-order valence-corrected chi connectivity index (χ1v) is 8.49. The average Bonchev–Trinajstić information content (AvgIpc) is 2.38. The second-order valence-corrected chi connectivity index (χ2v) is 5.97. The maximum absolute atomic E-state index is 4.77. The molecule has 0 aromatic heterocycles. The lowest BCUT2D eigenvalue weighted by Crippen LogP contribution is -2.06. The van der Waals surface area contributed by atoms with Crippen molar-refractivity contribution in [2.45, 2.75) is 84.0 Å². The number of aryl methyl sites for hydroxylation is 1. The first kappa shape index (κ1) is 16.6. The van der Waals surface area contributed by atoms with Crippen LogP contribution in [0.25, 0.3) is 0 Å². The SMILES string of the molecule is CCCc1cc(S)c(CCC)c(CCC)c1CCC. The summed E-state index contributed by atoms with van der Waals surface area (Å²) < 4.78 is 0. The van der Waals surface area contributed by atoms with Gasteiger partial charge in [0.25, 0.3) is 0 Å². The van der Waals surface area contributed by atoms with E-state index in [2.05, 4.69) is 33.8 Å². The van der Waals surface area contributed by atoms with E-state index in [0.29, 0.717) is 0 Å². The molecule has 1 heteroatoms. The van der Waals surface area contributed by atoms with Gasteiger partial charge in [0.2, 0.25) is 0 Å². The van der Waals surface area contributed by atoms with Crippen molar-refractivity contribution in [3.05, 3.63) is 28.3 Å². The van der Waals surface area contributed by atoms with Crippen LogP contribution in [0.15, 0.2) is 11.0 Å². The van der Waals surface area contributed by atoms with E-state index >= 15 is 0 Å². The van der Waals surface area contributed by atoms with Crippen LogP contribution < -0.4 is 0 Å². The summed E-state index contributed by atoms with van der Waals surface area (Å²) in [5.74, 6) is 0. The molecule has 0 nitrogen and oxygen atoms in total. The van der Waals surface area contributed by atoms with E-state index in [1.807, 2.05) is 0 Å². The fourth-order valence-electron chi connectivity index (χ4n) is 3.00. The minimum Gasteiger partial charge on any atom is -0.143 e. The second kappa shape index (κ2) is 8.68. The number of hydrogen-bond acceptors (Lipinski definition) is 1. The summed E-state index contributed by atoms with van der Waals surface area (Å²) in [6, 6.07) is 2.35. The van der Waals surface area contributed by atoms with Crippen LogP contribution in [0, 0.1) is 0 Å². The fourth-order valence-corrected chi connectivity index (χ4v) is 3.41. The van der Waals surface area contributed by atoms with Gasteiger partial charge in [-0.15, -0.1) is 12.6 Å². The summed E-state index contributed by atoms with van der Waals surface area (Å²) in [5.41, 5.74) is 6.35. The Balaban J connectivity index is 3.35. The third-order valence-electron chi connectivity index (χ3n) is 3.76. The van der Waals surface area contributed by atoms with Gasteiger partial charge in [-0.1, -0.05) is 53.4 Å². The van der Waals surface area contributed by atoms with E-state index in [1.165, 1.54) is 61.8 Å². The highest BCUT2D eigenvalue weighted by Crippen LogP contribution is 2.30. The van der Waals surface area contributed by atoms with Crippen molar-refractivity contribution in [3.63, 3.8) is 0 Å². The van der Waals surface area contributed by atoms with Crippen molar-refractivity contribution in [1.29, 1.82) is 0 Å². The highest BCUT2D eigenvalue weighted by atomic mass is 32.1. The van der Waals surface area contributed by atoms with Crippen LogP contribution in [0.3, 0.4) is 0 Å². The molecule has 0 heterocycles. The number of thiol groups is 1. The van der Waals surface area contributed by atoms with Crippen LogP contribution in [-0.2, 0) is 25.7 Å². The Morgan fingerprint density at radius 3 is 1.68 bits per heavy atom. The van der Waals surface area contributed by atoms with Crippen LogP contribution in [-0.4, -0.2) is 0 Å². The third kappa shape index (κ3) is 4.27. The minimum absolute atomic E-state index is 1.18. The molecular formula is C18H30S. The smallest absolute Gasteiger partial charge is 0.00777 e. The maximum atomic E-state index is 4.77. The van der Waals surface area contributed by atoms with Gasteiger partial charge in [0, 0.05) is 4.90 Å². The van der Waals surface area contributed by atoms with Crippen LogP contribution >= 0.6 is 12.6 Å². The molecule has 1 rings (SSSR count). The van der Waals surface area contributed by atoms with E-state index < -0.39 is 0 Å². The Kier molecular flexibility index (Phi) is 7.60. The van der Waals surface area contributed by atoms with E-state index in [-0.39, 0.29) is 0 Å². The Labute approximate surface area is 125 Å². The predicted octanol–water partition coefficient (Wildman–Crippen LogP) is 5.79. The van der Waals surface area contributed by atoms with Crippen molar-refractivity contribution in [2.75, 3.05) is 0 Å². The highest BCUT2D eigenvalue weighted by Gasteiger charge is 2.14. The molecule has 0 saturated carbocycles. The standard InChI is InChI=1S/C18H30S/c1-5-9-14-13-18(19)17(12-8-4)16(11-7-3)15(14)10-6-2/h13,19H,5-12H2,1-4H3. The van der Waals surface area contributed by atoms with Gasteiger partial charge in [0.15, 0.2) is 0 Å². The van der Waals surface area contributed by atoms with Crippen molar-refractivity contribution >= 4 is 12.6 Å². The van der Waals surface area contributed by atoms with Gasteiger partial charge < -0.3 is 0 Å². The van der Waals surface area contributed by atoms with Crippen LogP contribution in [0.1, 0.15) is 75.6 Å². The van der Waals surface area contributed by atoms with Gasteiger partial charge in [0.05, 0.1) is 0 Å². The van der Waals surface area contributed by atoms with Crippen LogP contribution in [0.4, 0.5) is 0 Å². The lowest BCUT2D eigenvalue weighted by molar-refractivity contribution is 0.788. The van der Waals surface area contributed by atoms with Crippen molar-refractivity contribution in [1.82, 2.24) is 0 Å². The first-order valence-electron chi connectivity index (χ1n) is 8.04. The van der Waals surface area contributed by atoms with E-state index in [0.717, 1.165) is 0 Å². The van der Waals surface area contributed by atoms with Gasteiger partial charge in [-0.3, -0.25) is 0 Å². The van der Waals surface area contributed by atoms with E-state index in [1.54, 1.807) is 16.7 Å². The summed E-state index contributed by atoms with van der Waals surface area (Å²) in [6.07, 6.45) is 9.74. The molecule has 1 aromatic carbocycles. The summed E-state index contributed by atoms with van der Waals surface area (Å²) in [7, 11) is 0. The molecule has 0 amide bonds. The monoisotopic (exact) mass is 278 g/mol. The molecular weight excluding hydrogens is 248 g/mol. The largest absolute Gasteiger partial charge is 0.143 e. The lowest BCUT2D eigenvalue weighted by Gasteiger charge is -2.20. The normalized spacial score (nSPS) is 11.0. The first-order chi connectivity index (χ1) is 9.19. The van der Waals surface area contributed by atoms with Crippen LogP contribution in [0.2, 0.25) is 0 Å². The molecule has 0 radical (unpaired) electrons. The fraction of sp³-hybridized carbons (Fsp3) is 0.667. The molecule has 0 atom stereocenters. The molecule has 0 aliphatic heterocycles. The van der Waals surface area contributed by atoms with Crippen molar-refractivity contribution in [3.8, 4) is 0 Å². The third-order valence-corrected chi connectivity index (χ3v) is 4.15. The van der Waals surface area contributed by atoms with Gasteiger partial charge in [-0.25, -0.2) is 0 Å². The quantitative estimate of drug-likeness (QED) is 0.572. The lowest BCUT2D eigenvalue weighted by atomic mass is 9.87. The Bertz CT molecular complexity index is 393. The molecule has 0 spiro atoms. The summed E-state index contributed by atoms with van der Waals surface area (Å²) in [5, 5.41) is 0. The van der Waals surface area contributed by atoms with Gasteiger partial charge in [0.1, 0.15) is 0 Å². The zero-order chi connectivity index (χ0) is 14.3. The Morgan fingerprint density at radius 1 is 0.684 bits per heavy atom. The van der Waals surface area contributed by atoms with Crippen molar-refractivity contribution < 1.29 is 0 Å². The zero-order valence-electron chi connectivity index (χ0n) is 13.2.